The number of nitrogens with one attached hydrogen (secondary N) is 1. The van der Waals surface area contributed by atoms with Crippen molar-refractivity contribution in [1.29, 1.82) is 0 Å². The molecule has 2 heterocycles. The first-order chi connectivity index (χ1) is 14.5. The van der Waals surface area contributed by atoms with Crippen molar-refractivity contribution in [3.05, 3.63) is 50.2 Å². The number of thioether (sulfide) groups is 1. The summed E-state index contributed by atoms with van der Waals surface area (Å²) in [6, 6.07) is 6.09. The van der Waals surface area contributed by atoms with Gasteiger partial charge in [0, 0.05) is 28.4 Å². The minimum absolute atomic E-state index is 0.0806. The molecule has 158 valence electrons. The molecule has 10 heteroatoms. The minimum atomic E-state index is -0.513. The van der Waals surface area contributed by atoms with Crippen molar-refractivity contribution in [3.8, 4) is 11.4 Å². The van der Waals surface area contributed by atoms with Crippen LogP contribution in [0.15, 0.2) is 34.8 Å². The second-order valence-corrected chi connectivity index (χ2v) is 8.63. The number of para-hydroxylation sites is 2. The molecule has 0 unspecified atom stereocenters. The predicted octanol–water partition coefficient (Wildman–Crippen LogP) is 4.93. The second-order valence-electron chi connectivity index (χ2n) is 6.61. The molecule has 1 N–H and O–H groups in total. The fourth-order valence-corrected chi connectivity index (χ4v) is 4.88. The Hall–Kier alpha value is -2.72. The molecule has 1 amide bonds. The number of amides is 1. The van der Waals surface area contributed by atoms with Gasteiger partial charge in [-0.05, 0) is 31.4 Å². The lowest BCUT2D eigenvalue weighted by Gasteiger charge is -2.10. The Labute approximate surface area is 182 Å². The molecule has 0 spiro atoms. The lowest BCUT2D eigenvalue weighted by Crippen LogP contribution is -2.15. The molecule has 0 aliphatic carbocycles. The fourth-order valence-electron chi connectivity index (χ4n) is 3.18. The first kappa shape index (κ1) is 22.0. The number of carbonyl (C=O) groups is 1. The molecule has 0 atom stereocenters. The molecule has 0 radical (unpaired) electrons. The summed E-state index contributed by atoms with van der Waals surface area (Å²) in [4.78, 5) is 24.3. The summed E-state index contributed by atoms with van der Waals surface area (Å²) >= 11 is 2.98. The molecule has 1 aromatic carbocycles. The van der Waals surface area contributed by atoms with Gasteiger partial charge in [-0.3, -0.25) is 14.9 Å². The van der Waals surface area contributed by atoms with E-state index in [1.807, 2.05) is 4.57 Å². The zero-order chi connectivity index (χ0) is 21.7. The van der Waals surface area contributed by atoms with Crippen molar-refractivity contribution in [2.75, 3.05) is 11.1 Å². The fraction of sp³-hybridized carbons (Fsp3) is 0.350. The molecular formula is C20H23N5O3S2. The van der Waals surface area contributed by atoms with Crippen LogP contribution in [-0.4, -0.2) is 31.3 Å². The molecule has 30 heavy (non-hydrogen) atoms. The molecule has 3 rings (SSSR count). The van der Waals surface area contributed by atoms with Gasteiger partial charge in [-0.1, -0.05) is 37.7 Å². The summed E-state index contributed by atoms with van der Waals surface area (Å²) in [5, 5.41) is 25.2. The smallest absolute Gasteiger partial charge is 0.292 e. The van der Waals surface area contributed by atoms with Gasteiger partial charge in [0.2, 0.25) is 5.91 Å². The van der Waals surface area contributed by atoms with Gasteiger partial charge >= 0.3 is 0 Å². The Morgan fingerprint density at radius 1 is 1.30 bits per heavy atom. The zero-order valence-corrected chi connectivity index (χ0v) is 18.7. The van der Waals surface area contributed by atoms with Crippen LogP contribution in [0.1, 0.15) is 30.7 Å². The summed E-state index contributed by atoms with van der Waals surface area (Å²) < 4.78 is 2.05. The SMILES string of the molecule is CCCn1c(SCC(=O)Nc2ccccc2[N+](=O)[O-])nnc1-c1csc(C)c1CC. The molecular weight excluding hydrogens is 422 g/mol. The van der Waals surface area contributed by atoms with E-state index in [0.717, 1.165) is 30.8 Å². The van der Waals surface area contributed by atoms with Crippen molar-refractivity contribution in [2.45, 2.75) is 45.3 Å². The third-order valence-corrected chi connectivity index (χ3v) is 6.49. The van der Waals surface area contributed by atoms with Crippen molar-refractivity contribution in [1.82, 2.24) is 14.8 Å². The van der Waals surface area contributed by atoms with Crippen LogP contribution < -0.4 is 5.32 Å². The topological polar surface area (TPSA) is 103 Å². The van der Waals surface area contributed by atoms with E-state index in [-0.39, 0.29) is 23.0 Å². The summed E-state index contributed by atoms with van der Waals surface area (Å²) in [6.45, 7) is 7.06. The maximum absolute atomic E-state index is 12.4. The summed E-state index contributed by atoms with van der Waals surface area (Å²) in [6.07, 6.45) is 1.83. The Bertz CT molecular complexity index is 1060. The highest BCUT2D eigenvalue weighted by molar-refractivity contribution is 7.99. The average molecular weight is 446 g/mol. The monoisotopic (exact) mass is 445 g/mol. The number of benzene rings is 1. The largest absolute Gasteiger partial charge is 0.320 e. The number of rotatable bonds is 9. The Kier molecular flexibility index (Phi) is 7.22. The molecule has 2 aromatic heterocycles. The minimum Gasteiger partial charge on any atom is -0.320 e. The highest BCUT2D eigenvalue weighted by atomic mass is 32.2. The number of hydrogen-bond acceptors (Lipinski definition) is 7. The van der Waals surface area contributed by atoms with Crippen LogP contribution in [0.5, 0.6) is 0 Å². The van der Waals surface area contributed by atoms with E-state index in [4.69, 9.17) is 0 Å². The summed E-state index contributed by atoms with van der Waals surface area (Å²) in [7, 11) is 0. The number of aryl methyl sites for hydroxylation is 1. The normalized spacial score (nSPS) is 10.9. The number of nitro groups is 1. The maximum atomic E-state index is 12.4. The van der Waals surface area contributed by atoms with Crippen molar-refractivity contribution < 1.29 is 9.72 Å². The third kappa shape index (κ3) is 4.71. The van der Waals surface area contributed by atoms with E-state index in [1.165, 1.54) is 34.3 Å². The molecule has 0 saturated heterocycles. The van der Waals surface area contributed by atoms with Crippen molar-refractivity contribution in [2.24, 2.45) is 0 Å². The van der Waals surface area contributed by atoms with E-state index < -0.39 is 4.92 Å². The van der Waals surface area contributed by atoms with Crippen LogP contribution in [0.2, 0.25) is 0 Å². The number of anilines is 1. The van der Waals surface area contributed by atoms with Gasteiger partial charge in [0.1, 0.15) is 5.69 Å². The first-order valence-electron chi connectivity index (χ1n) is 9.62. The zero-order valence-electron chi connectivity index (χ0n) is 17.0. The van der Waals surface area contributed by atoms with Crippen LogP contribution in [0.25, 0.3) is 11.4 Å². The van der Waals surface area contributed by atoms with Crippen LogP contribution >= 0.6 is 23.1 Å². The highest BCUT2D eigenvalue weighted by Crippen LogP contribution is 2.33. The number of aromatic nitrogens is 3. The molecule has 8 nitrogen and oxygen atoms in total. The van der Waals surface area contributed by atoms with Crippen LogP contribution in [0, 0.1) is 17.0 Å². The highest BCUT2D eigenvalue weighted by Gasteiger charge is 2.20. The predicted molar refractivity (Wildman–Crippen MR) is 120 cm³/mol. The number of nitro benzene ring substituents is 1. The number of thiophene rings is 1. The molecule has 0 aliphatic rings. The van der Waals surface area contributed by atoms with Crippen LogP contribution in [0.4, 0.5) is 11.4 Å². The van der Waals surface area contributed by atoms with Crippen LogP contribution in [-0.2, 0) is 17.8 Å². The standard InChI is InChI=1S/C20H23N5O3S2/c1-4-10-24-19(15-11-29-13(3)14(15)5-2)22-23-20(24)30-12-18(26)21-16-8-6-7-9-17(16)25(27)28/h6-9,11H,4-5,10,12H2,1-3H3,(H,21,26). The van der Waals surface area contributed by atoms with Gasteiger partial charge in [0.25, 0.3) is 5.69 Å². The Balaban J connectivity index is 1.77. The van der Waals surface area contributed by atoms with Gasteiger partial charge in [-0.25, -0.2) is 0 Å². The van der Waals surface area contributed by atoms with E-state index in [0.29, 0.717) is 5.16 Å². The third-order valence-electron chi connectivity index (χ3n) is 4.57. The lowest BCUT2D eigenvalue weighted by molar-refractivity contribution is -0.383. The van der Waals surface area contributed by atoms with Gasteiger partial charge in [0.15, 0.2) is 11.0 Å². The summed E-state index contributed by atoms with van der Waals surface area (Å²) in [5.41, 5.74) is 2.42. The van der Waals surface area contributed by atoms with Crippen molar-refractivity contribution >= 4 is 40.4 Å². The molecule has 0 saturated carbocycles. The van der Waals surface area contributed by atoms with Crippen LogP contribution in [0.3, 0.4) is 0 Å². The van der Waals surface area contributed by atoms with Gasteiger partial charge < -0.3 is 9.88 Å². The number of nitrogens with zero attached hydrogens (tertiary/aromatic N) is 4. The van der Waals surface area contributed by atoms with Gasteiger partial charge in [0.05, 0.1) is 10.7 Å². The molecule has 0 bridgehead atoms. The lowest BCUT2D eigenvalue weighted by atomic mass is 10.1. The average Bonchev–Trinajstić information content (AvgIpc) is 3.29. The number of hydrogen-bond donors (Lipinski definition) is 1. The number of carbonyl (C=O) groups excluding carboxylic acids is 1. The van der Waals surface area contributed by atoms with Crippen molar-refractivity contribution in [3.63, 3.8) is 0 Å². The van der Waals surface area contributed by atoms with E-state index in [2.05, 4.69) is 41.7 Å². The van der Waals surface area contributed by atoms with E-state index in [9.17, 15) is 14.9 Å². The second kappa shape index (κ2) is 9.86. The molecule has 0 aliphatic heterocycles. The Morgan fingerprint density at radius 3 is 2.77 bits per heavy atom. The molecule has 0 fully saturated rings. The first-order valence-corrected chi connectivity index (χ1v) is 11.5. The van der Waals surface area contributed by atoms with Gasteiger partial charge in [-0.2, -0.15) is 0 Å². The quantitative estimate of drug-likeness (QED) is 0.285. The van der Waals surface area contributed by atoms with E-state index >= 15 is 0 Å². The maximum Gasteiger partial charge on any atom is 0.292 e. The Morgan fingerprint density at radius 2 is 2.07 bits per heavy atom. The van der Waals surface area contributed by atoms with Gasteiger partial charge in [-0.15, -0.1) is 21.5 Å². The molecule has 3 aromatic rings. The van der Waals surface area contributed by atoms with E-state index in [1.54, 1.807) is 23.5 Å². The summed E-state index contributed by atoms with van der Waals surface area (Å²) in [5.74, 6) is 0.569.